The molecule has 3 rings (SSSR count). The second-order valence-electron chi connectivity index (χ2n) is 5.92. The third-order valence-electron chi connectivity index (χ3n) is 4.04. The third kappa shape index (κ3) is 4.94. The quantitative estimate of drug-likeness (QED) is 0.272. The molecular weight excluding hydrogens is 618 g/mol. The fourth-order valence-electron chi connectivity index (χ4n) is 2.60. The van der Waals surface area contributed by atoms with E-state index in [9.17, 15) is 9.59 Å². The van der Waals surface area contributed by atoms with Gasteiger partial charge in [-0.15, -0.1) is 0 Å². The van der Waals surface area contributed by atoms with Gasteiger partial charge in [0, 0.05) is 16.2 Å². The van der Waals surface area contributed by atoms with Crippen molar-refractivity contribution >= 4 is 85.8 Å². The third-order valence-corrected chi connectivity index (χ3v) is 6.53. The second kappa shape index (κ2) is 9.47. The minimum atomic E-state index is -0.405. The molecular formula is C20H16I2N2O4S. The van der Waals surface area contributed by atoms with Crippen molar-refractivity contribution in [1.82, 2.24) is 4.90 Å². The zero-order chi connectivity index (χ0) is 21.1. The number of carbonyl (C=O) groups is 2. The van der Waals surface area contributed by atoms with E-state index in [0.717, 1.165) is 18.5 Å². The minimum absolute atomic E-state index is 0.129. The molecule has 9 heteroatoms. The predicted octanol–water partition coefficient (Wildman–Crippen LogP) is 4.92. The lowest BCUT2D eigenvalue weighted by atomic mass is 10.2. The van der Waals surface area contributed by atoms with E-state index < -0.39 is 5.97 Å². The lowest BCUT2D eigenvalue weighted by Crippen LogP contribution is -2.23. The van der Waals surface area contributed by atoms with Gasteiger partial charge in [-0.05, 0) is 99.4 Å². The summed E-state index contributed by atoms with van der Waals surface area (Å²) in [7, 11) is 4.64. The number of hydrogen-bond acceptors (Lipinski definition) is 6. The van der Waals surface area contributed by atoms with Crippen LogP contribution in [0.4, 0.5) is 5.69 Å². The first-order chi connectivity index (χ1) is 13.8. The highest BCUT2D eigenvalue weighted by atomic mass is 127. The summed E-state index contributed by atoms with van der Waals surface area (Å²) in [4.78, 5) is 30.9. The summed E-state index contributed by atoms with van der Waals surface area (Å²) < 4.78 is 12.2. The normalized spacial score (nSPS) is 16.6. The molecule has 1 aliphatic rings. The topological polar surface area (TPSA) is 68.2 Å². The van der Waals surface area contributed by atoms with Gasteiger partial charge in [-0.3, -0.25) is 9.69 Å². The largest absolute Gasteiger partial charge is 0.495 e. The molecule has 6 nitrogen and oxygen atoms in total. The van der Waals surface area contributed by atoms with Crippen molar-refractivity contribution in [1.29, 1.82) is 0 Å². The Morgan fingerprint density at radius 1 is 1.17 bits per heavy atom. The molecule has 1 fully saturated rings. The SMILES string of the molecule is COC(=O)c1ccc(N=C2S/C(=C/c3cc(I)cc(I)c3OC)C(=O)N2C)cc1. The minimum Gasteiger partial charge on any atom is -0.495 e. The Bertz CT molecular complexity index is 1040. The lowest BCUT2D eigenvalue weighted by molar-refractivity contribution is -0.121. The van der Waals surface area contributed by atoms with Crippen molar-refractivity contribution in [3.05, 3.63) is 59.6 Å². The Labute approximate surface area is 200 Å². The molecule has 0 unspecified atom stereocenters. The molecule has 1 amide bonds. The lowest BCUT2D eigenvalue weighted by Gasteiger charge is -2.09. The number of ether oxygens (including phenoxy) is 2. The van der Waals surface area contributed by atoms with E-state index in [0.29, 0.717) is 21.3 Å². The standard InChI is InChI=1S/C20H16I2N2O4S/c1-24-18(25)16(9-12-8-13(21)10-15(22)17(12)27-2)29-20(24)23-14-6-4-11(5-7-14)19(26)28-3/h4-10H,1-3H3/b16-9+,23-20?. The maximum Gasteiger partial charge on any atom is 0.337 e. The number of likely N-dealkylation sites (N-methyl/N-ethyl adjacent to an activating group) is 1. The molecule has 1 saturated heterocycles. The molecule has 2 aromatic carbocycles. The van der Waals surface area contributed by atoms with Crippen LogP contribution >= 0.6 is 56.9 Å². The van der Waals surface area contributed by atoms with Crippen LogP contribution in [0.25, 0.3) is 6.08 Å². The number of carbonyl (C=O) groups excluding carboxylic acids is 2. The van der Waals surface area contributed by atoms with Gasteiger partial charge in [-0.25, -0.2) is 9.79 Å². The van der Waals surface area contributed by atoms with Gasteiger partial charge in [0.05, 0.1) is 33.9 Å². The van der Waals surface area contributed by atoms with Crippen molar-refractivity contribution in [3.8, 4) is 5.75 Å². The Hall–Kier alpha value is -1.60. The molecule has 0 aromatic heterocycles. The summed E-state index contributed by atoms with van der Waals surface area (Å²) >= 11 is 5.76. The Balaban J connectivity index is 1.91. The number of thioether (sulfide) groups is 1. The van der Waals surface area contributed by atoms with Crippen molar-refractivity contribution in [2.24, 2.45) is 4.99 Å². The van der Waals surface area contributed by atoms with E-state index in [-0.39, 0.29) is 5.91 Å². The smallest absolute Gasteiger partial charge is 0.337 e. The van der Waals surface area contributed by atoms with E-state index in [2.05, 4.69) is 50.2 Å². The molecule has 1 heterocycles. The molecule has 1 aliphatic heterocycles. The van der Waals surface area contributed by atoms with Crippen LogP contribution in [-0.4, -0.2) is 43.2 Å². The number of hydrogen-bond donors (Lipinski definition) is 0. The molecule has 0 spiro atoms. The van der Waals surface area contributed by atoms with Crippen LogP contribution in [0.2, 0.25) is 0 Å². The number of methoxy groups -OCH3 is 2. The van der Waals surface area contributed by atoms with E-state index >= 15 is 0 Å². The summed E-state index contributed by atoms with van der Waals surface area (Å²) in [6.45, 7) is 0. The predicted molar refractivity (Wildman–Crippen MR) is 132 cm³/mol. The maximum absolute atomic E-state index is 12.7. The molecule has 29 heavy (non-hydrogen) atoms. The number of halogens is 2. The monoisotopic (exact) mass is 634 g/mol. The van der Waals surface area contributed by atoms with Crippen molar-refractivity contribution in [3.63, 3.8) is 0 Å². The zero-order valence-electron chi connectivity index (χ0n) is 15.7. The number of aliphatic imine (C=N–C) groups is 1. The number of amidine groups is 1. The Morgan fingerprint density at radius 2 is 1.86 bits per heavy atom. The van der Waals surface area contributed by atoms with Gasteiger partial charge in [0.1, 0.15) is 5.75 Å². The molecule has 0 atom stereocenters. The fraction of sp³-hybridized carbons (Fsp3) is 0.150. The van der Waals surface area contributed by atoms with E-state index in [1.54, 1.807) is 38.4 Å². The van der Waals surface area contributed by atoms with Gasteiger partial charge < -0.3 is 9.47 Å². The molecule has 150 valence electrons. The van der Waals surface area contributed by atoms with Gasteiger partial charge in [-0.1, -0.05) is 0 Å². The van der Waals surface area contributed by atoms with Crippen molar-refractivity contribution in [2.45, 2.75) is 0 Å². The van der Waals surface area contributed by atoms with Crippen molar-refractivity contribution < 1.29 is 19.1 Å². The van der Waals surface area contributed by atoms with Crippen LogP contribution in [0.5, 0.6) is 5.75 Å². The first kappa shape index (κ1) is 22.1. The van der Waals surface area contributed by atoms with Gasteiger partial charge in [0.15, 0.2) is 5.17 Å². The molecule has 2 aromatic rings. The van der Waals surface area contributed by atoms with Crippen LogP contribution in [0, 0.1) is 7.14 Å². The number of amides is 1. The van der Waals surface area contributed by atoms with Crippen molar-refractivity contribution in [2.75, 3.05) is 21.3 Å². The first-order valence-corrected chi connectivity index (χ1v) is 11.3. The van der Waals surface area contributed by atoms with Crippen LogP contribution in [-0.2, 0) is 9.53 Å². The molecule has 0 saturated carbocycles. The number of esters is 1. The van der Waals surface area contributed by atoms with Gasteiger partial charge in [0.25, 0.3) is 5.91 Å². The van der Waals surface area contributed by atoms with Crippen LogP contribution in [0.3, 0.4) is 0 Å². The zero-order valence-corrected chi connectivity index (χ0v) is 20.9. The van der Waals surface area contributed by atoms with E-state index in [1.165, 1.54) is 23.8 Å². The summed E-state index contributed by atoms with van der Waals surface area (Å²) in [6.07, 6.45) is 1.83. The van der Waals surface area contributed by atoms with Gasteiger partial charge in [-0.2, -0.15) is 0 Å². The fourth-order valence-corrected chi connectivity index (χ4v) is 5.68. The highest BCUT2D eigenvalue weighted by Crippen LogP contribution is 2.36. The van der Waals surface area contributed by atoms with Gasteiger partial charge in [0.2, 0.25) is 0 Å². The van der Waals surface area contributed by atoms with Crippen LogP contribution in [0.1, 0.15) is 15.9 Å². The second-order valence-corrected chi connectivity index (χ2v) is 9.33. The summed E-state index contributed by atoms with van der Waals surface area (Å²) in [5.74, 6) is 0.201. The summed E-state index contributed by atoms with van der Waals surface area (Å²) in [5, 5.41) is 0.561. The average molecular weight is 634 g/mol. The van der Waals surface area contributed by atoms with E-state index in [4.69, 9.17) is 9.47 Å². The number of benzene rings is 2. The first-order valence-electron chi connectivity index (χ1n) is 8.31. The number of nitrogens with zero attached hydrogens (tertiary/aromatic N) is 2. The highest BCUT2D eigenvalue weighted by molar-refractivity contribution is 14.1. The van der Waals surface area contributed by atoms with Crippen LogP contribution in [0.15, 0.2) is 46.3 Å². The molecule has 0 bridgehead atoms. The Morgan fingerprint density at radius 3 is 2.48 bits per heavy atom. The molecule has 0 aliphatic carbocycles. The number of rotatable bonds is 4. The van der Waals surface area contributed by atoms with E-state index in [1.807, 2.05) is 18.2 Å². The van der Waals surface area contributed by atoms with Gasteiger partial charge >= 0.3 is 5.97 Å². The highest BCUT2D eigenvalue weighted by Gasteiger charge is 2.30. The average Bonchev–Trinajstić information content (AvgIpc) is 2.95. The summed E-state index contributed by atoms with van der Waals surface area (Å²) in [5.41, 5.74) is 1.93. The molecule has 0 radical (unpaired) electrons. The molecule has 0 N–H and O–H groups in total. The summed E-state index contributed by atoms with van der Waals surface area (Å²) in [6, 6.07) is 10.7. The van der Waals surface area contributed by atoms with Crippen LogP contribution < -0.4 is 4.74 Å². The maximum atomic E-state index is 12.7. The Kier molecular flexibility index (Phi) is 7.22.